The first-order valence-corrected chi connectivity index (χ1v) is 7.16. The monoisotopic (exact) mass is 321 g/mol. The smallest absolute Gasteiger partial charge is 0.112 e. The van der Waals surface area contributed by atoms with Crippen molar-refractivity contribution >= 4 is 15.9 Å². The molecule has 1 N–H and O–H groups in total. The number of halogens is 1. The van der Waals surface area contributed by atoms with Crippen molar-refractivity contribution < 1.29 is 4.74 Å². The zero-order valence-electron chi connectivity index (χ0n) is 10.8. The quantitative estimate of drug-likeness (QED) is 0.924. The minimum atomic E-state index is 0.0589. The van der Waals surface area contributed by atoms with Crippen molar-refractivity contribution in [3.8, 4) is 5.69 Å². The molecule has 2 heterocycles. The second kappa shape index (κ2) is 5.45. The molecule has 0 amide bonds. The van der Waals surface area contributed by atoms with Crippen LogP contribution in [0.15, 0.2) is 35.2 Å². The van der Waals surface area contributed by atoms with E-state index in [4.69, 9.17) is 4.74 Å². The molecule has 0 spiro atoms. The molecule has 0 radical (unpaired) electrons. The Kier molecular flexibility index (Phi) is 3.68. The van der Waals surface area contributed by atoms with E-state index in [2.05, 4.69) is 55.9 Å². The van der Waals surface area contributed by atoms with Crippen LogP contribution >= 0.6 is 15.9 Å². The van der Waals surface area contributed by atoms with Crippen LogP contribution < -0.4 is 5.32 Å². The third-order valence-electron chi connectivity index (χ3n) is 3.36. The highest BCUT2D eigenvalue weighted by molar-refractivity contribution is 9.10. The van der Waals surface area contributed by atoms with Crippen LogP contribution in [0.5, 0.6) is 0 Å². The van der Waals surface area contributed by atoms with Gasteiger partial charge < -0.3 is 10.1 Å². The number of rotatable bonds is 2. The van der Waals surface area contributed by atoms with E-state index in [1.807, 2.05) is 12.5 Å². The van der Waals surface area contributed by atoms with E-state index in [1.165, 1.54) is 5.56 Å². The first-order chi connectivity index (χ1) is 9.27. The maximum absolute atomic E-state index is 5.82. The molecule has 19 heavy (non-hydrogen) atoms. The zero-order chi connectivity index (χ0) is 13.2. The van der Waals surface area contributed by atoms with E-state index in [9.17, 15) is 0 Å². The Morgan fingerprint density at radius 3 is 3.16 bits per heavy atom. The lowest BCUT2D eigenvalue weighted by Gasteiger charge is -2.24. The maximum Gasteiger partial charge on any atom is 0.112 e. The summed E-state index contributed by atoms with van der Waals surface area (Å²) < 4.78 is 9.00. The van der Waals surface area contributed by atoms with Crippen LogP contribution in [0.25, 0.3) is 5.69 Å². The third-order valence-corrected chi connectivity index (χ3v) is 4.39. The van der Waals surface area contributed by atoms with E-state index in [1.54, 1.807) is 0 Å². The van der Waals surface area contributed by atoms with Crippen molar-refractivity contribution in [3.63, 3.8) is 0 Å². The van der Waals surface area contributed by atoms with Gasteiger partial charge in [-0.2, -0.15) is 0 Å². The van der Waals surface area contributed by atoms with Crippen molar-refractivity contribution in [1.29, 1.82) is 0 Å². The molecule has 100 valence electrons. The van der Waals surface area contributed by atoms with Gasteiger partial charge in [0.1, 0.15) is 6.10 Å². The van der Waals surface area contributed by atoms with Gasteiger partial charge in [-0.25, -0.2) is 4.98 Å². The predicted octanol–water partition coefficient (Wildman–Crippen LogP) is 2.60. The van der Waals surface area contributed by atoms with Crippen LogP contribution in [0.1, 0.15) is 17.4 Å². The Morgan fingerprint density at radius 2 is 2.37 bits per heavy atom. The summed E-state index contributed by atoms with van der Waals surface area (Å²) in [6.45, 7) is 4.57. The number of morpholine rings is 1. The average Bonchev–Trinajstić information content (AvgIpc) is 2.92. The number of aryl methyl sites for hydroxylation is 1. The van der Waals surface area contributed by atoms with Gasteiger partial charge in [0.15, 0.2) is 0 Å². The second-order valence-corrected chi connectivity index (χ2v) is 5.45. The molecular formula is C14H16BrN3O. The maximum atomic E-state index is 5.82. The van der Waals surface area contributed by atoms with E-state index in [-0.39, 0.29) is 6.10 Å². The summed E-state index contributed by atoms with van der Waals surface area (Å²) >= 11 is 3.65. The fraction of sp³-hybridized carbons (Fsp3) is 0.357. The SMILES string of the molecule is Cc1cccc(-n2cncc2C2CNCCO2)c1Br. The van der Waals surface area contributed by atoms with E-state index in [0.29, 0.717) is 0 Å². The van der Waals surface area contributed by atoms with Crippen LogP contribution in [0.3, 0.4) is 0 Å². The molecule has 1 fully saturated rings. The minimum absolute atomic E-state index is 0.0589. The van der Waals surface area contributed by atoms with Crippen molar-refractivity contribution in [2.45, 2.75) is 13.0 Å². The Balaban J connectivity index is 2.01. The summed E-state index contributed by atoms with van der Waals surface area (Å²) in [4.78, 5) is 4.28. The topological polar surface area (TPSA) is 39.1 Å². The standard InChI is InChI=1S/C14H16BrN3O/c1-10-3-2-4-11(14(10)15)18-9-17-7-12(18)13-8-16-5-6-19-13/h2-4,7,9,13,16H,5-6,8H2,1H3. The van der Waals surface area contributed by atoms with E-state index in [0.717, 1.165) is 35.6 Å². The highest BCUT2D eigenvalue weighted by Crippen LogP contribution is 2.28. The van der Waals surface area contributed by atoms with Crippen molar-refractivity contribution in [3.05, 3.63) is 46.5 Å². The summed E-state index contributed by atoms with van der Waals surface area (Å²) in [5.74, 6) is 0. The van der Waals surface area contributed by atoms with Gasteiger partial charge in [0.2, 0.25) is 0 Å². The summed E-state index contributed by atoms with van der Waals surface area (Å²) in [6.07, 6.45) is 3.78. The molecule has 1 saturated heterocycles. The molecule has 1 aliphatic heterocycles. The highest BCUT2D eigenvalue weighted by atomic mass is 79.9. The van der Waals surface area contributed by atoms with Gasteiger partial charge >= 0.3 is 0 Å². The number of hydrogen-bond donors (Lipinski definition) is 1. The normalized spacial score (nSPS) is 19.6. The number of nitrogens with zero attached hydrogens (tertiary/aromatic N) is 2. The minimum Gasteiger partial charge on any atom is -0.369 e. The fourth-order valence-electron chi connectivity index (χ4n) is 2.32. The number of benzene rings is 1. The molecule has 1 unspecified atom stereocenters. The Morgan fingerprint density at radius 1 is 1.47 bits per heavy atom. The van der Waals surface area contributed by atoms with Crippen LogP contribution in [0, 0.1) is 6.92 Å². The van der Waals surface area contributed by atoms with Gasteiger partial charge in [-0.15, -0.1) is 0 Å². The van der Waals surface area contributed by atoms with E-state index < -0.39 is 0 Å². The molecule has 0 aliphatic carbocycles. The third kappa shape index (κ3) is 2.45. The number of hydrogen-bond acceptors (Lipinski definition) is 3. The molecule has 1 aliphatic rings. The van der Waals surface area contributed by atoms with Crippen LogP contribution in [-0.4, -0.2) is 29.2 Å². The molecule has 1 aromatic carbocycles. The first-order valence-electron chi connectivity index (χ1n) is 6.37. The molecule has 1 atom stereocenters. The Hall–Kier alpha value is -1.17. The van der Waals surface area contributed by atoms with Crippen molar-refractivity contribution in [2.75, 3.05) is 19.7 Å². The molecule has 1 aromatic heterocycles. The average molecular weight is 322 g/mol. The number of aromatic nitrogens is 2. The van der Waals surface area contributed by atoms with Crippen molar-refractivity contribution in [1.82, 2.24) is 14.9 Å². The number of ether oxygens (including phenoxy) is 1. The molecule has 2 aromatic rings. The number of imidazole rings is 1. The zero-order valence-corrected chi connectivity index (χ0v) is 12.4. The Bertz CT molecular complexity index is 576. The van der Waals surface area contributed by atoms with Gasteiger partial charge in [-0.3, -0.25) is 4.57 Å². The predicted molar refractivity (Wildman–Crippen MR) is 77.6 cm³/mol. The summed E-state index contributed by atoms with van der Waals surface area (Å²) in [5, 5.41) is 3.35. The lowest BCUT2D eigenvalue weighted by atomic mass is 10.2. The summed E-state index contributed by atoms with van der Waals surface area (Å²) in [5.41, 5.74) is 3.39. The van der Waals surface area contributed by atoms with Crippen LogP contribution in [-0.2, 0) is 4.74 Å². The first kappa shape index (κ1) is 12.8. The van der Waals surface area contributed by atoms with Gasteiger partial charge in [-0.05, 0) is 34.5 Å². The molecular weight excluding hydrogens is 306 g/mol. The summed E-state index contributed by atoms with van der Waals surface area (Å²) in [6, 6.07) is 6.22. The molecule has 5 heteroatoms. The Labute approximate surface area is 120 Å². The van der Waals surface area contributed by atoms with Crippen molar-refractivity contribution in [2.24, 2.45) is 0 Å². The fourth-order valence-corrected chi connectivity index (χ4v) is 2.77. The molecule has 0 saturated carbocycles. The molecule has 3 rings (SSSR count). The lowest BCUT2D eigenvalue weighted by molar-refractivity contribution is 0.0240. The van der Waals surface area contributed by atoms with E-state index >= 15 is 0 Å². The molecule has 0 bridgehead atoms. The van der Waals surface area contributed by atoms with Gasteiger partial charge in [0.05, 0.1) is 30.5 Å². The number of nitrogens with one attached hydrogen (secondary N) is 1. The summed E-state index contributed by atoms with van der Waals surface area (Å²) in [7, 11) is 0. The van der Waals surface area contributed by atoms with Gasteiger partial charge in [-0.1, -0.05) is 12.1 Å². The largest absolute Gasteiger partial charge is 0.369 e. The van der Waals surface area contributed by atoms with Gasteiger partial charge in [0.25, 0.3) is 0 Å². The van der Waals surface area contributed by atoms with Crippen LogP contribution in [0.4, 0.5) is 0 Å². The van der Waals surface area contributed by atoms with Gasteiger partial charge in [0, 0.05) is 17.6 Å². The lowest BCUT2D eigenvalue weighted by Crippen LogP contribution is -2.34. The second-order valence-electron chi connectivity index (χ2n) is 4.66. The van der Waals surface area contributed by atoms with Crippen LogP contribution in [0.2, 0.25) is 0 Å². The highest BCUT2D eigenvalue weighted by Gasteiger charge is 2.20. The molecule has 4 nitrogen and oxygen atoms in total.